The zero-order valence-electron chi connectivity index (χ0n) is 11.0. The molecule has 1 unspecified atom stereocenters. The second-order valence-electron chi connectivity index (χ2n) is 5.08. The Kier molecular flexibility index (Phi) is 4.72. The van der Waals surface area contributed by atoms with Gasteiger partial charge in [-0.1, -0.05) is 0 Å². The summed E-state index contributed by atoms with van der Waals surface area (Å²) in [6.07, 6.45) is 5.26. The van der Waals surface area contributed by atoms with E-state index in [1.165, 1.54) is 0 Å². The molecule has 1 heterocycles. The van der Waals surface area contributed by atoms with Crippen molar-refractivity contribution in [3.63, 3.8) is 0 Å². The predicted octanol–water partition coefficient (Wildman–Crippen LogP) is 0.797. The molecule has 1 atom stereocenters. The maximum Gasteiger partial charge on any atom is 0.304 e. The number of carbonyl (C=O) groups is 1. The second-order valence-corrected chi connectivity index (χ2v) is 6.96. The molecular formula is C13H18N2O4S. The summed E-state index contributed by atoms with van der Waals surface area (Å²) in [5.41, 5.74) is 0.895. The van der Waals surface area contributed by atoms with Gasteiger partial charge in [0.1, 0.15) is 0 Å². The molecule has 1 aromatic heterocycles. The van der Waals surface area contributed by atoms with Gasteiger partial charge in [-0.25, -0.2) is 13.1 Å². The first kappa shape index (κ1) is 14.9. The van der Waals surface area contributed by atoms with Crippen LogP contribution in [0.5, 0.6) is 0 Å². The summed E-state index contributed by atoms with van der Waals surface area (Å²) in [5.74, 6) is -0.847. The molecule has 110 valence electrons. The first-order valence-electron chi connectivity index (χ1n) is 6.57. The van der Waals surface area contributed by atoms with Crippen molar-refractivity contribution in [3.05, 3.63) is 30.1 Å². The number of hydrogen-bond acceptors (Lipinski definition) is 4. The van der Waals surface area contributed by atoms with Crippen LogP contribution in [0, 0.1) is 5.92 Å². The van der Waals surface area contributed by atoms with Crippen molar-refractivity contribution < 1.29 is 18.3 Å². The zero-order chi connectivity index (χ0) is 14.6. The van der Waals surface area contributed by atoms with Gasteiger partial charge in [0.05, 0.1) is 12.2 Å². The van der Waals surface area contributed by atoms with E-state index in [0.717, 1.165) is 18.4 Å². The zero-order valence-corrected chi connectivity index (χ0v) is 11.8. The maximum absolute atomic E-state index is 12.0. The maximum atomic E-state index is 12.0. The fourth-order valence-corrected chi connectivity index (χ4v) is 3.44. The standard InChI is InChI=1S/C13H18N2O4S/c16-13(17)9-12(11-1-2-11)15-20(18,19)8-5-10-3-6-14-7-4-10/h3-4,6-7,11-12,15H,1-2,5,8-9H2,(H,16,17). The van der Waals surface area contributed by atoms with Crippen molar-refractivity contribution in [2.45, 2.75) is 31.7 Å². The van der Waals surface area contributed by atoms with Crippen molar-refractivity contribution in [1.82, 2.24) is 9.71 Å². The highest BCUT2D eigenvalue weighted by atomic mass is 32.2. The van der Waals surface area contributed by atoms with Crippen LogP contribution >= 0.6 is 0 Å². The van der Waals surface area contributed by atoms with Gasteiger partial charge >= 0.3 is 5.97 Å². The Bertz CT molecular complexity index is 555. The van der Waals surface area contributed by atoms with Crippen molar-refractivity contribution >= 4 is 16.0 Å². The number of rotatable bonds is 8. The topological polar surface area (TPSA) is 96.4 Å². The first-order chi connectivity index (χ1) is 9.46. The summed E-state index contributed by atoms with van der Waals surface area (Å²) >= 11 is 0. The fourth-order valence-electron chi connectivity index (χ4n) is 2.08. The van der Waals surface area contributed by atoms with Crippen LogP contribution in [-0.4, -0.2) is 36.3 Å². The molecule has 2 N–H and O–H groups in total. The molecule has 0 amide bonds. The van der Waals surface area contributed by atoms with Gasteiger partial charge < -0.3 is 5.11 Å². The summed E-state index contributed by atoms with van der Waals surface area (Å²) in [4.78, 5) is 14.6. The van der Waals surface area contributed by atoms with E-state index in [-0.39, 0.29) is 18.1 Å². The first-order valence-corrected chi connectivity index (χ1v) is 8.22. The van der Waals surface area contributed by atoms with E-state index < -0.39 is 22.0 Å². The minimum absolute atomic E-state index is 0.0418. The summed E-state index contributed by atoms with van der Waals surface area (Å²) in [7, 11) is -3.46. The van der Waals surface area contributed by atoms with Gasteiger partial charge in [-0.2, -0.15) is 0 Å². The predicted molar refractivity (Wildman–Crippen MR) is 73.6 cm³/mol. The molecule has 2 rings (SSSR count). The molecule has 1 saturated carbocycles. The average molecular weight is 298 g/mol. The monoisotopic (exact) mass is 298 g/mol. The van der Waals surface area contributed by atoms with E-state index in [4.69, 9.17) is 5.11 Å². The van der Waals surface area contributed by atoms with Gasteiger partial charge in [-0.15, -0.1) is 0 Å². The number of nitrogens with one attached hydrogen (secondary N) is 1. The lowest BCUT2D eigenvalue weighted by Crippen LogP contribution is -2.39. The molecule has 1 fully saturated rings. The van der Waals surface area contributed by atoms with Gasteiger partial charge in [0.25, 0.3) is 0 Å². The normalized spacial score (nSPS) is 16.8. The highest BCUT2D eigenvalue weighted by molar-refractivity contribution is 7.89. The van der Waals surface area contributed by atoms with E-state index in [9.17, 15) is 13.2 Å². The highest BCUT2D eigenvalue weighted by Crippen LogP contribution is 2.34. The van der Waals surface area contributed by atoms with Crippen LogP contribution in [0.25, 0.3) is 0 Å². The van der Waals surface area contributed by atoms with Crippen LogP contribution in [-0.2, 0) is 21.2 Å². The molecule has 1 aliphatic rings. The molecule has 0 spiro atoms. The molecule has 6 nitrogen and oxygen atoms in total. The van der Waals surface area contributed by atoms with Crippen molar-refractivity contribution in [2.75, 3.05) is 5.75 Å². The lowest BCUT2D eigenvalue weighted by molar-refractivity contribution is -0.137. The average Bonchev–Trinajstić information content (AvgIpc) is 3.20. The molecule has 0 radical (unpaired) electrons. The second kappa shape index (κ2) is 6.32. The van der Waals surface area contributed by atoms with E-state index in [1.54, 1.807) is 24.5 Å². The Morgan fingerprint density at radius 1 is 1.40 bits per heavy atom. The molecule has 0 saturated heterocycles. The number of nitrogens with zero attached hydrogens (tertiary/aromatic N) is 1. The third-order valence-electron chi connectivity index (χ3n) is 3.33. The Morgan fingerprint density at radius 2 is 2.05 bits per heavy atom. The number of hydrogen-bond donors (Lipinski definition) is 2. The van der Waals surface area contributed by atoms with Crippen LogP contribution in [0.3, 0.4) is 0 Å². The van der Waals surface area contributed by atoms with Gasteiger partial charge in [0.2, 0.25) is 10.0 Å². The third-order valence-corrected chi connectivity index (χ3v) is 4.73. The largest absolute Gasteiger partial charge is 0.481 e. The van der Waals surface area contributed by atoms with Crippen molar-refractivity contribution in [2.24, 2.45) is 5.92 Å². The Labute approximate surface area is 118 Å². The molecule has 1 aliphatic carbocycles. The van der Waals surface area contributed by atoms with Crippen LogP contribution in [0.1, 0.15) is 24.8 Å². The lowest BCUT2D eigenvalue weighted by atomic mass is 10.1. The number of aliphatic carboxylic acids is 1. The summed E-state index contributed by atoms with van der Waals surface area (Å²) < 4.78 is 26.5. The Balaban J connectivity index is 1.90. The Morgan fingerprint density at radius 3 is 2.60 bits per heavy atom. The molecule has 1 aromatic rings. The van der Waals surface area contributed by atoms with Crippen LogP contribution in [0.4, 0.5) is 0 Å². The molecule has 20 heavy (non-hydrogen) atoms. The van der Waals surface area contributed by atoms with Gasteiger partial charge in [-0.05, 0) is 42.9 Å². The molecule has 0 bridgehead atoms. The Hall–Kier alpha value is -1.47. The van der Waals surface area contributed by atoms with E-state index in [1.807, 2.05) is 0 Å². The molecule has 0 aromatic carbocycles. The summed E-state index contributed by atoms with van der Waals surface area (Å²) in [6.45, 7) is 0. The molecular weight excluding hydrogens is 280 g/mol. The van der Waals surface area contributed by atoms with Crippen LogP contribution in [0.15, 0.2) is 24.5 Å². The van der Waals surface area contributed by atoms with Crippen molar-refractivity contribution in [3.8, 4) is 0 Å². The number of sulfonamides is 1. The number of aryl methyl sites for hydroxylation is 1. The lowest BCUT2D eigenvalue weighted by Gasteiger charge is -2.16. The quantitative estimate of drug-likeness (QED) is 0.740. The van der Waals surface area contributed by atoms with E-state index in [0.29, 0.717) is 6.42 Å². The number of aromatic nitrogens is 1. The van der Waals surface area contributed by atoms with Gasteiger partial charge in [0, 0.05) is 18.4 Å². The van der Waals surface area contributed by atoms with Crippen LogP contribution < -0.4 is 4.72 Å². The van der Waals surface area contributed by atoms with Crippen molar-refractivity contribution in [1.29, 1.82) is 0 Å². The fraction of sp³-hybridized carbons (Fsp3) is 0.538. The third kappa shape index (κ3) is 4.90. The minimum Gasteiger partial charge on any atom is -0.481 e. The van der Waals surface area contributed by atoms with E-state index in [2.05, 4.69) is 9.71 Å². The minimum atomic E-state index is -3.46. The van der Waals surface area contributed by atoms with Gasteiger partial charge in [0.15, 0.2) is 0 Å². The smallest absolute Gasteiger partial charge is 0.304 e. The summed E-state index contributed by atoms with van der Waals surface area (Å²) in [5, 5.41) is 8.82. The summed E-state index contributed by atoms with van der Waals surface area (Å²) in [6, 6.07) is 3.06. The highest BCUT2D eigenvalue weighted by Gasteiger charge is 2.35. The van der Waals surface area contributed by atoms with Crippen LogP contribution in [0.2, 0.25) is 0 Å². The van der Waals surface area contributed by atoms with E-state index >= 15 is 0 Å². The van der Waals surface area contributed by atoms with Gasteiger partial charge in [-0.3, -0.25) is 9.78 Å². The number of pyridine rings is 1. The SMILES string of the molecule is O=C(O)CC(NS(=O)(=O)CCc1ccncc1)C1CC1. The molecule has 0 aliphatic heterocycles. The molecule has 7 heteroatoms. The number of carboxylic acid groups (broad SMARTS) is 1. The number of carboxylic acids is 1.